The average molecular weight is 283 g/mol. The zero-order chi connectivity index (χ0) is 14.6. The summed E-state index contributed by atoms with van der Waals surface area (Å²) in [7, 11) is 1.78. The van der Waals surface area contributed by atoms with Crippen molar-refractivity contribution in [3.63, 3.8) is 0 Å². The summed E-state index contributed by atoms with van der Waals surface area (Å²) in [5, 5.41) is 3.81. The molecule has 0 saturated heterocycles. The van der Waals surface area contributed by atoms with E-state index in [-0.39, 0.29) is 11.3 Å². The molecule has 106 valence electrons. The van der Waals surface area contributed by atoms with Gasteiger partial charge in [0.1, 0.15) is 0 Å². The Bertz CT molecular complexity index is 452. The summed E-state index contributed by atoms with van der Waals surface area (Å²) in [5.74, 6) is -0.0514. The molecule has 0 saturated carbocycles. The Balaban J connectivity index is 3.05. The molecule has 1 rings (SSSR count). The lowest BCUT2D eigenvalue weighted by molar-refractivity contribution is 0.0803. The maximum atomic E-state index is 12.3. The van der Waals surface area contributed by atoms with Crippen molar-refractivity contribution < 1.29 is 4.79 Å². The van der Waals surface area contributed by atoms with Crippen LogP contribution in [0.1, 0.15) is 38.1 Å². The molecule has 0 aliphatic heterocycles. The van der Waals surface area contributed by atoms with Gasteiger partial charge in [0, 0.05) is 25.8 Å². The molecule has 0 unspecified atom stereocenters. The van der Waals surface area contributed by atoms with Crippen molar-refractivity contribution in [2.75, 3.05) is 25.5 Å². The number of nitrogens with zero attached hydrogens (tertiary/aromatic N) is 1. The zero-order valence-electron chi connectivity index (χ0n) is 12.4. The topological polar surface area (TPSA) is 32.3 Å². The molecule has 0 bridgehead atoms. The third kappa shape index (κ3) is 4.43. The van der Waals surface area contributed by atoms with E-state index < -0.39 is 0 Å². The van der Waals surface area contributed by atoms with E-state index in [0.717, 1.165) is 12.2 Å². The average Bonchev–Trinajstić information content (AvgIpc) is 2.33. The number of hydrogen-bond acceptors (Lipinski definition) is 2. The van der Waals surface area contributed by atoms with Crippen LogP contribution in [0.15, 0.2) is 18.2 Å². The third-order valence-electron chi connectivity index (χ3n) is 2.86. The van der Waals surface area contributed by atoms with E-state index in [1.165, 1.54) is 0 Å². The smallest absolute Gasteiger partial charge is 0.257 e. The zero-order valence-corrected chi connectivity index (χ0v) is 13.1. The molecule has 1 N–H and O–H groups in total. The highest BCUT2D eigenvalue weighted by Crippen LogP contribution is 2.27. The fraction of sp³-hybridized carbons (Fsp3) is 0.533. The third-order valence-corrected chi connectivity index (χ3v) is 3.17. The largest absolute Gasteiger partial charge is 0.384 e. The van der Waals surface area contributed by atoms with Crippen LogP contribution in [0.25, 0.3) is 0 Å². The van der Waals surface area contributed by atoms with E-state index in [0.29, 0.717) is 17.1 Å². The summed E-state index contributed by atoms with van der Waals surface area (Å²) in [6, 6.07) is 5.50. The van der Waals surface area contributed by atoms with Gasteiger partial charge in [-0.05, 0) is 24.5 Å². The maximum absolute atomic E-state index is 12.3. The van der Waals surface area contributed by atoms with Gasteiger partial charge in [0.15, 0.2) is 0 Å². The fourth-order valence-corrected chi connectivity index (χ4v) is 1.84. The van der Waals surface area contributed by atoms with Crippen molar-refractivity contribution in [2.45, 2.75) is 27.7 Å². The highest BCUT2D eigenvalue weighted by atomic mass is 35.5. The molecule has 0 aromatic heterocycles. The quantitative estimate of drug-likeness (QED) is 0.909. The van der Waals surface area contributed by atoms with Crippen molar-refractivity contribution in [1.29, 1.82) is 0 Å². The molecule has 0 aliphatic rings. The predicted molar refractivity (Wildman–Crippen MR) is 82.0 cm³/mol. The molecule has 19 heavy (non-hydrogen) atoms. The molecule has 1 aromatic carbocycles. The van der Waals surface area contributed by atoms with Gasteiger partial charge in [-0.3, -0.25) is 4.79 Å². The highest BCUT2D eigenvalue weighted by Gasteiger charge is 2.19. The van der Waals surface area contributed by atoms with Gasteiger partial charge in [-0.15, -0.1) is 0 Å². The number of carbonyl (C=O) groups excluding carboxylic acids is 1. The van der Waals surface area contributed by atoms with Crippen molar-refractivity contribution >= 4 is 23.2 Å². The van der Waals surface area contributed by atoms with Crippen molar-refractivity contribution in [3.05, 3.63) is 28.8 Å². The van der Waals surface area contributed by atoms with Gasteiger partial charge in [0.25, 0.3) is 5.91 Å². The van der Waals surface area contributed by atoms with E-state index in [1.807, 2.05) is 19.1 Å². The Morgan fingerprint density at radius 3 is 2.53 bits per heavy atom. The molecule has 0 fully saturated rings. The monoisotopic (exact) mass is 282 g/mol. The van der Waals surface area contributed by atoms with Crippen LogP contribution in [0.5, 0.6) is 0 Å². The number of anilines is 1. The Kier molecular flexibility index (Phi) is 5.24. The van der Waals surface area contributed by atoms with Gasteiger partial charge in [-0.1, -0.05) is 38.4 Å². The molecule has 0 atom stereocenters. The Hall–Kier alpha value is -1.22. The van der Waals surface area contributed by atoms with Gasteiger partial charge >= 0.3 is 0 Å². The highest BCUT2D eigenvalue weighted by molar-refractivity contribution is 6.34. The van der Waals surface area contributed by atoms with Crippen LogP contribution in [0.2, 0.25) is 5.02 Å². The molecule has 0 heterocycles. The van der Waals surface area contributed by atoms with Crippen LogP contribution in [0, 0.1) is 5.41 Å². The summed E-state index contributed by atoms with van der Waals surface area (Å²) >= 11 is 6.19. The van der Waals surface area contributed by atoms with Gasteiger partial charge in [0.05, 0.1) is 10.6 Å². The Labute approximate surface area is 120 Å². The number of amides is 1. The van der Waals surface area contributed by atoms with E-state index >= 15 is 0 Å². The molecule has 3 nitrogen and oxygen atoms in total. The van der Waals surface area contributed by atoms with E-state index in [4.69, 9.17) is 11.6 Å². The molecule has 0 aliphatic carbocycles. The van der Waals surface area contributed by atoms with Crippen LogP contribution in [0.4, 0.5) is 5.69 Å². The first-order chi connectivity index (χ1) is 8.76. The first-order valence-electron chi connectivity index (χ1n) is 6.54. The fourth-order valence-electron chi connectivity index (χ4n) is 1.58. The molecule has 1 aromatic rings. The number of rotatable bonds is 4. The Morgan fingerprint density at radius 2 is 2.00 bits per heavy atom. The minimum atomic E-state index is -0.0514. The standard InChI is InChI=1S/C15H23ClN2O/c1-6-18(5)14(19)13-11(16)8-7-9-12(13)17-10-15(2,3)4/h7-9,17H,6,10H2,1-5H3. The lowest BCUT2D eigenvalue weighted by Crippen LogP contribution is -2.28. The van der Waals surface area contributed by atoms with Crippen LogP contribution in [-0.4, -0.2) is 30.9 Å². The molecule has 1 amide bonds. The van der Waals surface area contributed by atoms with Gasteiger partial charge in [-0.25, -0.2) is 0 Å². The molecular formula is C15H23ClN2O. The van der Waals surface area contributed by atoms with Crippen LogP contribution < -0.4 is 5.32 Å². The molecule has 4 heteroatoms. The molecule has 0 radical (unpaired) electrons. The summed E-state index contributed by atoms with van der Waals surface area (Å²) in [4.78, 5) is 14.0. The van der Waals surface area contributed by atoms with Crippen LogP contribution >= 0.6 is 11.6 Å². The van der Waals surface area contributed by atoms with E-state index in [1.54, 1.807) is 18.0 Å². The second kappa shape index (κ2) is 6.29. The first-order valence-corrected chi connectivity index (χ1v) is 6.92. The lowest BCUT2D eigenvalue weighted by Gasteiger charge is -2.23. The summed E-state index contributed by atoms with van der Waals surface area (Å²) in [6.07, 6.45) is 0. The van der Waals surface area contributed by atoms with Crippen molar-refractivity contribution in [2.24, 2.45) is 5.41 Å². The predicted octanol–water partition coefficient (Wildman–Crippen LogP) is 3.89. The van der Waals surface area contributed by atoms with Crippen molar-refractivity contribution in [3.8, 4) is 0 Å². The normalized spacial score (nSPS) is 11.3. The number of benzene rings is 1. The SMILES string of the molecule is CCN(C)C(=O)c1c(Cl)cccc1NCC(C)(C)C. The molecular weight excluding hydrogens is 260 g/mol. The summed E-state index contributed by atoms with van der Waals surface area (Å²) in [6.45, 7) is 9.81. The van der Waals surface area contributed by atoms with Gasteiger partial charge in [-0.2, -0.15) is 0 Å². The summed E-state index contributed by atoms with van der Waals surface area (Å²) < 4.78 is 0. The van der Waals surface area contributed by atoms with Gasteiger partial charge < -0.3 is 10.2 Å². The molecule has 0 spiro atoms. The second-order valence-electron chi connectivity index (χ2n) is 5.90. The van der Waals surface area contributed by atoms with Gasteiger partial charge in [0.2, 0.25) is 0 Å². The van der Waals surface area contributed by atoms with E-state index in [9.17, 15) is 4.79 Å². The van der Waals surface area contributed by atoms with E-state index in [2.05, 4.69) is 26.1 Å². The number of halogens is 1. The summed E-state index contributed by atoms with van der Waals surface area (Å²) in [5.41, 5.74) is 1.49. The number of carbonyl (C=O) groups is 1. The Morgan fingerprint density at radius 1 is 1.37 bits per heavy atom. The number of nitrogens with one attached hydrogen (secondary N) is 1. The van der Waals surface area contributed by atoms with Crippen LogP contribution in [-0.2, 0) is 0 Å². The minimum absolute atomic E-state index is 0.0514. The first kappa shape index (κ1) is 15.8. The second-order valence-corrected chi connectivity index (χ2v) is 6.30. The maximum Gasteiger partial charge on any atom is 0.257 e. The van der Waals surface area contributed by atoms with Crippen LogP contribution in [0.3, 0.4) is 0 Å². The lowest BCUT2D eigenvalue weighted by atomic mass is 9.96. The minimum Gasteiger partial charge on any atom is -0.384 e. The van der Waals surface area contributed by atoms with Crippen molar-refractivity contribution in [1.82, 2.24) is 4.90 Å². The number of hydrogen-bond donors (Lipinski definition) is 1.